The fourth-order valence-electron chi connectivity index (χ4n) is 2.55. The average molecular weight is 278 g/mol. The zero-order valence-corrected chi connectivity index (χ0v) is 11.3. The van der Waals surface area contributed by atoms with E-state index in [0.29, 0.717) is 24.0 Å². The molecule has 2 N–H and O–H groups in total. The van der Waals surface area contributed by atoms with Crippen LogP contribution < -0.4 is 5.32 Å². The molecule has 108 valence electrons. The van der Waals surface area contributed by atoms with Gasteiger partial charge in [-0.3, -0.25) is 14.9 Å². The maximum atomic E-state index is 12.2. The second-order valence-corrected chi connectivity index (χ2v) is 5.19. The van der Waals surface area contributed by atoms with Crippen molar-refractivity contribution in [2.75, 3.05) is 0 Å². The summed E-state index contributed by atoms with van der Waals surface area (Å²) in [5.74, 6) is -0.285. The first-order valence-corrected chi connectivity index (χ1v) is 6.72. The lowest BCUT2D eigenvalue weighted by Crippen LogP contribution is -2.38. The van der Waals surface area contributed by atoms with E-state index in [4.69, 9.17) is 0 Å². The van der Waals surface area contributed by atoms with Gasteiger partial charge in [-0.05, 0) is 38.7 Å². The molecule has 1 aliphatic rings. The minimum absolute atomic E-state index is 0.0320. The Morgan fingerprint density at radius 3 is 2.60 bits per heavy atom. The second-order valence-electron chi connectivity index (χ2n) is 5.19. The maximum absolute atomic E-state index is 12.2. The summed E-state index contributed by atoms with van der Waals surface area (Å²) in [5.41, 5.74) is 0.674. The number of hydrogen-bond donors (Lipinski definition) is 2. The van der Waals surface area contributed by atoms with Gasteiger partial charge in [0.1, 0.15) is 0 Å². The minimum atomic E-state index is -0.483. The number of carbonyl (C=O) groups is 1. The Kier molecular flexibility index (Phi) is 4.34. The van der Waals surface area contributed by atoms with Gasteiger partial charge in [0.2, 0.25) is 0 Å². The maximum Gasteiger partial charge on any atom is 0.273 e. The Morgan fingerprint density at radius 2 is 2.00 bits per heavy atom. The van der Waals surface area contributed by atoms with Gasteiger partial charge in [0.25, 0.3) is 11.6 Å². The van der Waals surface area contributed by atoms with Crippen LogP contribution in [0, 0.1) is 17.0 Å². The van der Waals surface area contributed by atoms with Crippen molar-refractivity contribution in [1.29, 1.82) is 0 Å². The van der Waals surface area contributed by atoms with Gasteiger partial charge in [0.15, 0.2) is 0 Å². The van der Waals surface area contributed by atoms with Gasteiger partial charge in [-0.25, -0.2) is 0 Å². The van der Waals surface area contributed by atoms with Crippen LogP contribution in [0.15, 0.2) is 18.2 Å². The van der Waals surface area contributed by atoms with Gasteiger partial charge in [-0.2, -0.15) is 0 Å². The van der Waals surface area contributed by atoms with E-state index in [1.165, 1.54) is 12.1 Å². The van der Waals surface area contributed by atoms with E-state index in [2.05, 4.69) is 5.32 Å². The molecule has 2 rings (SSSR count). The number of aliphatic hydroxyl groups excluding tert-OH is 1. The van der Waals surface area contributed by atoms with Crippen molar-refractivity contribution in [3.63, 3.8) is 0 Å². The van der Waals surface area contributed by atoms with E-state index in [-0.39, 0.29) is 23.7 Å². The molecule has 0 aliphatic heterocycles. The monoisotopic (exact) mass is 278 g/mol. The van der Waals surface area contributed by atoms with Gasteiger partial charge in [-0.15, -0.1) is 0 Å². The summed E-state index contributed by atoms with van der Waals surface area (Å²) in [4.78, 5) is 22.6. The van der Waals surface area contributed by atoms with Gasteiger partial charge in [0, 0.05) is 23.2 Å². The Balaban J connectivity index is 2.10. The molecule has 0 atom stereocenters. The van der Waals surface area contributed by atoms with Crippen LogP contribution in [-0.4, -0.2) is 28.1 Å². The summed E-state index contributed by atoms with van der Waals surface area (Å²) < 4.78 is 0. The van der Waals surface area contributed by atoms with Crippen LogP contribution in [0.4, 0.5) is 5.69 Å². The Morgan fingerprint density at radius 1 is 1.35 bits per heavy atom. The number of nitro groups is 1. The standard InChI is InChI=1S/C14H18N2O4/c1-9-12(3-2-4-13(9)16(19)20)14(18)15-10-5-7-11(17)8-6-10/h2-4,10-11,17H,5-8H2,1H3,(H,15,18). The van der Waals surface area contributed by atoms with Gasteiger partial charge in [-0.1, -0.05) is 6.07 Å². The zero-order valence-electron chi connectivity index (χ0n) is 11.3. The van der Waals surface area contributed by atoms with Crippen molar-refractivity contribution >= 4 is 11.6 Å². The predicted octanol–water partition coefficient (Wildman–Crippen LogP) is 1.94. The quantitative estimate of drug-likeness (QED) is 0.652. The molecule has 1 aromatic rings. The lowest BCUT2D eigenvalue weighted by atomic mass is 9.93. The molecular weight excluding hydrogens is 260 g/mol. The molecule has 6 heteroatoms. The van der Waals surface area contributed by atoms with Crippen molar-refractivity contribution in [2.45, 2.75) is 44.8 Å². The van der Waals surface area contributed by atoms with E-state index in [0.717, 1.165) is 12.8 Å². The SMILES string of the molecule is Cc1c(C(=O)NC2CCC(O)CC2)cccc1[N+](=O)[O-]. The lowest BCUT2D eigenvalue weighted by molar-refractivity contribution is -0.385. The summed E-state index contributed by atoms with van der Waals surface area (Å²) >= 11 is 0. The molecule has 6 nitrogen and oxygen atoms in total. The number of amides is 1. The first kappa shape index (κ1) is 14.5. The summed E-state index contributed by atoms with van der Waals surface area (Å²) in [6.07, 6.45) is 2.56. The minimum Gasteiger partial charge on any atom is -0.393 e. The molecule has 0 unspecified atom stereocenters. The molecule has 1 fully saturated rings. The first-order valence-electron chi connectivity index (χ1n) is 6.72. The van der Waals surface area contributed by atoms with Crippen LogP contribution in [0.5, 0.6) is 0 Å². The second kappa shape index (κ2) is 6.00. The van der Waals surface area contributed by atoms with Crippen molar-refractivity contribution in [3.8, 4) is 0 Å². The number of rotatable bonds is 3. The number of benzene rings is 1. The third kappa shape index (κ3) is 3.14. The summed E-state index contributed by atoms with van der Waals surface area (Å²) in [5, 5.41) is 23.2. The van der Waals surface area contributed by atoms with Crippen molar-refractivity contribution in [1.82, 2.24) is 5.32 Å². The highest BCUT2D eigenvalue weighted by molar-refractivity contribution is 5.96. The summed E-state index contributed by atoms with van der Waals surface area (Å²) in [7, 11) is 0. The number of aliphatic hydroxyl groups is 1. The molecule has 0 saturated heterocycles. The third-order valence-electron chi connectivity index (χ3n) is 3.78. The Bertz CT molecular complexity index is 522. The molecule has 1 saturated carbocycles. The van der Waals surface area contributed by atoms with Crippen LogP contribution in [0.25, 0.3) is 0 Å². The van der Waals surface area contributed by atoms with E-state index in [1.807, 2.05) is 0 Å². The molecule has 1 amide bonds. The molecule has 1 aliphatic carbocycles. The van der Waals surface area contributed by atoms with E-state index in [1.54, 1.807) is 13.0 Å². The van der Waals surface area contributed by atoms with Gasteiger partial charge < -0.3 is 10.4 Å². The largest absolute Gasteiger partial charge is 0.393 e. The average Bonchev–Trinajstić information content (AvgIpc) is 2.41. The highest BCUT2D eigenvalue weighted by atomic mass is 16.6. The highest BCUT2D eigenvalue weighted by Crippen LogP contribution is 2.22. The number of nitrogens with one attached hydrogen (secondary N) is 1. The molecule has 1 aromatic carbocycles. The molecule has 0 aromatic heterocycles. The normalized spacial score (nSPS) is 22.3. The Hall–Kier alpha value is -1.95. The first-order chi connectivity index (χ1) is 9.49. The van der Waals surface area contributed by atoms with Gasteiger partial charge >= 0.3 is 0 Å². The molecular formula is C14H18N2O4. The van der Waals surface area contributed by atoms with E-state index < -0.39 is 4.92 Å². The smallest absolute Gasteiger partial charge is 0.273 e. The highest BCUT2D eigenvalue weighted by Gasteiger charge is 2.23. The Labute approximate surface area is 117 Å². The predicted molar refractivity (Wildman–Crippen MR) is 73.6 cm³/mol. The van der Waals surface area contributed by atoms with Crippen LogP contribution in [-0.2, 0) is 0 Å². The zero-order chi connectivity index (χ0) is 14.7. The lowest BCUT2D eigenvalue weighted by Gasteiger charge is -2.26. The fourth-order valence-corrected chi connectivity index (χ4v) is 2.55. The van der Waals surface area contributed by atoms with E-state index >= 15 is 0 Å². The number of nitro benzene ring substituents is 1. The third-order valence-corrected chi connectivity index (χ3v) is 3.78. The summed E-state index contributed by atoms with van der Waals surface area (Å²) in [6, 6.07) is 4.54. The van der Waals surface area contributed by atoms with Crippen LogP contribution in [0.1, 0.15) is 41.6 Å². The van der Waals surface area contributed by atoms with Crippen LogP contribution >= 0.6 is 0 Å². The number of nitrogens with zero attached hydrogens (tertiary/aromatic N) is 1. The molecule has 0 heterocycles. The van der Waals surface area contributed by atoms with Crippen molar-refractivity contribution in [3.05, 3.63) is 39.4 Å². The summed E-state index contributed by atoms with van der Waals surface area (Å²) in [6.45, 7) is 1.58. The van der Waals surface area contributed by atoms with Crippen LogP contribution in [0.2, 0.25) is 0 Å². The molecule has 0 spiro atoms. The molecule has 20 heavy (non-hydrogen) atoms. The topological polar surface area (TPSA) is 92.5 Å². The fraction of sp³-hybridized carbons (Fsp3) is 0.500. The van der Waals surface area contributed by atoms with Gasteiger partial charge in [0.05, 0.1) is 11.0 Å². The molecule has 0 radical (unpaired) electrons. The van der Waals surface area contributed by atoms with E-state index in [9.17, 15) is 20.0 Å². The van der Waals surface area contributed by atoms with Crippen LogP contribution in [0.3, 0.4) is 0 Å². The number of carbonyl (C=O) groups excluding carboxylic acids is 1. The number of hydrogen-bond acceptors (Lipinski definition) is 4. The molecule has 0 bridgehead atoms. The van der Waals surface area contributed by atoms with Crippen molar-refractivity contribution < 1.29 is 14.8 Å². The van der Waals surface area contributed by atoms with Crippen molar-refractivity contribution in [2.24, 2.45) is 0 Å².